The van der Waals surface area contributed by atoms with Crippen LogP contribution in [-0.4, -0.2) is 32.7 Å². The normalized spacial score (nSPS) is 11.2. The van der Waals surface area contributed by atoms with Crippen LogP contribution >= 0.6 is 11.8 Å². The first kappa shape index (κ1) is 21.0. The number of carbonyl (C=O) groups excluding carboxylic acids is 1. The van der Waals surface area contributed by atoms with Crippen LogP contribution in [0.25, 0.3) is 27.6 Å². The number of aromatic nitrogens is 3. The number of aromatic amines is 1. The minimum Gasteiger partial charge on any atom is -0.355 e. The first-order valence-corrected chi connectivity index (χ1v) is 11.7. The molecular weight excluding hydrogens is 432 g/mol. The number of para-hydroxylation sites is 2. The number of amides is 1. The summed E-state index contributed by atoms with van der Waals surface area (Å²) in [4.78, 5) is 34.0. The first-order valence-electron chi connectivity index (χ1n) is 10.7. The van der Waals surface area contributed by atoms with Crippen molar-refractivity contribution in [2.75, 3.05) is 12.3 Å². The van der Waals surface area contributed by atoms with E-state index in [1.54, 1.807) is 4.57 Å². The number of rotatable bonds is 7. The van der Waals surface area contributed by atoms with Gasteiger partial charge in [0.15, 0.2) is 5.16 Å². The van der Waals surface area contributed by atoms with Crippen LogP contribution in [0.5, 0.6) is 0 Å². The van der Waals surface area contributed by atoms with Crippen molar-refractivity contribution in [3.63, 3.8) is 0 Å². The molecule has 33 heavy (non-hydrogen) atoms. The van der Waals surface area contributed by atoms with Gasteiger partial charge in [-0.05, 0) is 30.2 Å². The Kier molecular flexibility index (Phi) is 5.95. The lowest BCUT2D eigenvalue weighted by Gasteiger charge is -2.12. The van der Waals surface area contributed by atoms with Crippen molar-refractivity contribution in [3.8, 4) is 5.69 Å². The molecule has 0 radical (unpaired) electrons. The summed E-state index contributed by atoms with van der Waals surface area (Å²) >= 11 is 1.26. The van der Waals surface area contributed by atoms with E-state index in [0.717, 1.165) is 17.3 Å². The number of thioether (sulfide) groups is 1. The average molecular weight is 455 g/mol. The maximum absolute atomic E-state index is 13.5. The van der Waals surface area contributed by atoms with E-state index in [1.807, 2.05) is 84.9 Å². The second kappa shape index (κ2) is 9.34. The highest BCUT2D eigenvalue weighted by Gasteiger charge is 2.18. The standard InChI is InChI=1S/C26H22N4O2S/c31-22(27-16-15-18-9-3-1-4-10-18)17-33-26-29-23-20-13-7-8-14-21(20)28-24(23)25(32)30(26)19-11-5-2-6-12-19/h1-14,28H,15-17H2,(H,27,31). The van der Waals surface area contributed by atoms with Gasteiger partial charge in [0.25, 0.3) is 5.56 Å². The van der Waals surface area contributed by atoms with Crippen LogP contribution < -0.4 is 10.9 Å². The summed E-state index contributed by atoms with van der Waals surface area (Å²) in [6, 6.07) is 27.1. The van der Waals surface area contributed by atoms with Crippen molar-refractivity contribution < 1.29 is 4.79 Å². The smallest absolute Gasteiger partial charge is 0.283 e. The zero-order chi connectivity index (χ0) is 22.6. The second-order valence-electron chi connectivity index (χ2n) is 7.64. The second-order valence-corrected chi connectivity index (χ2v) is 8.58. The van der Waals surface area contributed by atoms with Crippen molar-refractivity contribution >= 4 is 39.6 Å². The molecule has 2 N–H and O–H groups in total. The molecule has 0 bridgehead atoms. The van der Waals surface area contributed by atoms with Gasteiger partial charge in [0, 0.05) is 17.4 Å². The molecule has 2 heterocycles. The van der Waals surface area contributed by atoms with Gasteiger partial charge in [-0.1, -0.05) is 78.5 Å². The van der Waals surface area contributed by atoms with E-state index in [4.69, 9.17) is 4.98 Å². The number of hydrogen-bond acceptors (Lipinski definition) is 4. The molecule has 6 nitrogen and oxygen atoms in total. The number of H-pyrrole nitrogens is 1. The van der Waals surface area contributed by atoms with Crippen molar-refractivity contribution in [1.82, 2.24) is 19.9 Å². The van der Waals surface area contributed by atoms with E-state index >= 15 is 0 Å². The molecule has 2 aromatic heterocycles. The highest BCUT2D eigenvalue weighted by atomic mass is 32.2. The van der Waals surface area contributed by atoms with E-state index in [2.05, 4.69) is 10.3 Å². The quantitative estimate of drug-likeness (QED) is 0.284. The molecule has 0 aliphatic rings. The van der Waals surface area contributed by atoms with Crippen LogP contribution in [0.15, 0.2) is 94.9 Å². The molecule has 1 amide bonds. The molecule has 164 valence electrons. The Hall–Kier alpha value is -3.84. The van der Waals surface area contributed by atoms with E-state index in [9.17, 15) is 9.59 Å². The van der Waals surface area contributed by atoms with Gasteiger partial charge in [0.05, 0.1) is 11.4 Å². The maximum atomic E-state index is 13.5. The number of nitrogens with zero attached hydrogens (tertiary/aromatic N) is 2. The molecule has 0 spiro atoms. The Morgan fingerprint density at radius 3 is 2.42 bits per heavy atom. The molecule has 0 saturated heterocycles. The Labute approximate surface area is 194 Å². The van der Waals surface area contributed by atoms with E-state index in [-0.39, 0.29) is 17.2 Å². The van der Waals surface area contributed by atoms with Crippen molar-refractivity contribution in [2.24, 2.45) is 0 Å². The summed E-state index contributed by atoms with van der Waals surface area (Å²) < 4.78 is 1.57. The fraction of sp³-hybridized carbons (Fsp3) is 0.115. The minimum absolute atomic E-state index is 0.0937. The highest BCUT2D eigenvalue weighted by molar-refractivity contribution is 7.99. The van der Waals surface area contributed by atoms with E-state index in [1.165, 1.54) is 17.3 Å². The number of nitrogens with one attached hydrogen (secondary N) is 2. The topological polar surface area (TPSA) is 79.8 Å². The summed E-state index contributed by atoms with van der Waals surface area (Å²) in [7, 11) is 0. The van der Waals surface area contributed by atoms with Crippen LogP contribution in [0, 0.1) is 0 Å². The monoisotopic (exact) mass is 454 g/mol. The molecule has 0 fully saturated rings. The lowest BCUT2D eigenvalue weighted by Crippen LogP contribution is -2.28. The summed E-state index contributed by atoms with van der Waals surface area (Å²) in [6.07, 6.45) is 0.769. The summed E-state index contributed by atoms with van der Waals surface area (Å²) in [5.74, 6) is 0.0749. The number of fused-ring (bicyclic) bond motifs is 3. The molecular formula is C26H22N4O2S. The first-order chi connectivity index (χ1) is 16.2. The Morgan fingerprint density at radius 2 is 1.64 bits per heavy atom. The van der Waals surface area contributed by atoms with Crippen molar-refractivity contribution in [1.29, 1.82) is 0 Å². The van der Waals surface area contributed by atoms with Gasteiger partial charge < -0.3 is 10.3 Å². The Bertz CT molecular complexity index is 1480. The zero-order valence-corrected chi connectivity index (χ0v) is 18.6. The third-order valence-electron chi connectivity index (χ3n) is 5.42. The summed E-state index contributed by atoms with van der Waals surface area (Å²) in [5, 5.41) is 4.33. The van der Waals surface area contributed by atoms with Gasteiger partial charge in [-0.15, -0.1) is 0 Å². The molecule has 0 aliphatic heterocycles. The molecule has 5 rings (SSSR count). The Balaban J connectivity index is 1.43. The number of carbonyl (C=O) groups is 1. The largest absolute Gasteiger partial charge is 0.355 e. The van der Waals surface area contributed by atoms with Gasteiger partial charge in [0.1, 0.15) is 11.0 Å². The van der Waals surface area contributed by atoms with Gasteiger partial charge in [0.2, 0.25) is 5.91 Å². The SMILES string of the molecule is O=C(CSc1nc2c([nH]c3ccccc32)c(=O)n1-c1ccccc1)NCCc1ccccc1. The molecule has 0 aliphatic carbocycles. The lowest BCUT2D eigenvalue weighted by molar-refractivity contribution is -0.118. The minimum atomic E-state index is -0.186. The molecule has 5 aromatic rings. The van der Waals surface area contributed by atoms with Gasteiger partial charge in [-0.2, -0.15) is 0 Å². The van der Waals surface area contributed by atoms with Gasteiger partial charge in [-0.3, -0.25) is 14.2 Å². The van der Waals surface area contributed by atoms with E-state index < -0.39 is 0 Å². The average Bonchev–Trinajstić information content (AvgIpc) is 3.23. The third kappa shape index (κ3) is 4.40. The summed E-state index contributed by atoms with van der Waals surface area (Å²) in [5.41, 5.74) is 3.63. The van der Waals surface area contributed by atoms with Crippen LogP contribution in [0.2, 0.25) is 0 Å². The predicted molar refractivity (Wildman–Crippen MR) is 133 cm³/mol. The predicted octanol–water partition coefficient (Wildman–Crippen LogP) is 4.32. The molecule has 7 heteroatoms. The molecule has 3 aromatic carbocycles. The fourth-order valence-electron chi connectivity index (χ4n) is 3.82. The van der Waals surface area contributed by atoms with Gasteiger partial charge in [-0.25, -0.2) is 4.98 Å². The van der Waals surface area contributed by atoms with Crippen LogP contribution in [0.4, 0.5) is 0 Å². The van der Waals surface area contributed by atoms with Crippen LogP contribution in [0.3, 0.4) is 0 Å². The molecule has 0 unspecified atom stereocenters. The molecule has 0 saturated carbocycles. The van der Waals surface area contributed by atoms with Crippen LogP contribution in [0.1, 0.15) is 5.56 Å². The van der Waals surface area contributed by atoms with Crippen molar-refractivity contribution in [2.45, 2.75) is 11.6 Å². The third-order valence-corrected chi connectivity index (χ3v) is 6.36. The zero-order valence-electron chi connectivity index (χ0n) is 17.8. The molecule has 0 atom stereocenters. The lowest BCUT2D eigenvalue weighted by atomic mass is 10.1. The van der Waals surface area contributed by atoms with Crippen LogP contribution in [-0.2, 0) is 11.2 Å². The number of hydrogen-bond donors (Lipinski definition) is 2. The van der Waals surface area contributed by atoms with Crippen molar-refractivity contribution in [3.05, 3.63) is 101 Å². The Morgan fingerprint density at radius 1 is 0.939 bits per heavy atom. The fourth-order valence-corrected chi connectivity index (χ4v) is 4.65. The highest BCUT2D eigenvalue weighted by Crippen LogP contribution is 2.26. The van der Waals surface area contributed by atoms with E-state index in [0.29, 0.717) is 28.4 Å². The summed E-state index contributed by atoms with van der Waals surface area (Å²) in [6.45, 7) is 0.559. The maximum Gasteiger partial charge on any atom is 0.283 e. The number of benzene rings is 3. The van der Waals surface area contributed by atoms with Gasteiger partial charge >= 0.3 is 0 Å².